The summed E-state index contributed by atoms with van der Waals surface area (Å²) in [6.45, 7) is 1.30. The van der Waals surface area contributed by atoms with Gasteiger partial charge in [0, 0.05) is 17.4 Å². The number of fused-ring (bicyclic) bond motifs is 1. The van der Waals surface area contributed by atoms with Crippen molar-refractivity contribution in [1.29, 1.82) is 0 Å². The molecule has 23 heavy (non-hydrogen) atoms. The van der Waals surface area contributed by atoms with Crippen molar-refractivity contribution in [3.63, 3.8) is 0 Å². The fourth-order valence-electron chi connectivity index (χ4n) is 2.74. The first kappa shape index (κ1) is 16.0. The fraction of sp³-hybridized carbons (Fsp3) is 0.438. The molecule has 1 amide bonds. The van der Waals surface area contributed by atoms with Crippen LogP contribution in [0.5, 0.6) is 5.75 Å². The van der Waals surface area contributed by atoms with Gasteiger partial charge in [0.05, 0.1) is 19.2 Å². The molecule has 6 nitrogen and oxygen atoms in total. The summed E-state index contributed by atoms with van der Waals surface area (Å²) < 4.78 is 8.04. The molecule has 0 radical (unpaired) electrons. The number of rotatable bonds is 4. The lowest BCUT2D eigenvalue weighted by Gasteiger charge is -2.10. The van der Waals surface area contributed by atoms with Crippen molar-refractivity contribution in [2.24, 2.45) is 0 Å². The maximum atomic E-state index is 12.4. The minimum absolute atomic E-state index is 0.165. The number of hydrogen-bond donors (Lipinski definition) is 1. The second kappa shape index (κ2) is 7.12. The number of amides is 1. The molecule has 1 aromatic heterocycles. The van der Waals surface area contributed by atoms with Crippen molar-refractivity contribution in [3.05, 3.63) is 39.9 Å². The molecule has 2 heterocycles. The predicted octanol–water partition coefficient (Wildman–Crippen LogP) is 2.71. The number of aryl methyl sites for hydroxylation is 1. The second-order valence-corrected chi connectivity index (χ2v) is 6.38. The number of aromatic nitrogens is 3. The highest BCUT2D eigenvalue weighted by Gasteiger charge is 2.16. The quantitative estimate of drug-likeness (QED) is 0.887. The van der Waals surface area contributed by atoms with E-state index in [0.717, 1.165) is 41.9 Å². The van der Waals surface area contributed by atoms with Gasteiger partial charge in [0.25, 0.3) is 5.91 Å². The van der Waals surface area contributed by atoms with Crippen molar-refractivity contribution < 1.29 is 9.53 Å². The summed E-state index contributed by atoms with van der Waals surface area (Å²) in [5.74, 6) is 2.32. The first-order valence-electron chi connectivity index (χ1n) is 7.71. The topological polar surface area (TPSA) is 69.0 Å². The lowest BCUT2D eigenvalue weighted by molar-refractivity contribution is 0.0948. The zero-order valence-electron chi connectivity index (χ0n) is 13.0. The molecule has 0 saturated heterocycles. The molecule has 3 rings (SSSR count). The van der Waals surface area contributed by atoms with E-state index in [0.29, 0.717) is 17.9 Å². The number of nitrogens with one attached hydrogen (secondary N) is 1. The Kier molecular flexibility index (Phi) is 4.95. The number of nitrogens with zero attached hydrogens (tertiary/aromatic N) is 3. The van der Waals surface area contributed by atoms with E-state index in [2.05, 4.69) is 36.0 Å². The van der Waals surface area contributed by atoms with Crippen molar-refractivity contribution in [2.45, 2.75) is 38.8 Å². The summed E-state index contributed by atoms with van der Waals surface area (Å²) in [6, 6.07) is 5.32. The summed E-state index contributed by atoms with van der Waals surface area (Å²) in [5, 5.41) is 11.4. The van der Waals surface area contributed by atoms with E-state index >= 15 is 0 Å². The molecule has 0 atom stereocenters. The van der Waals surface area contributed by atoms with Gasteiger partial charge in [0.1, 0.15) is 11.6 Å². The Morgan fingerprint density at radius 3 is 3.04 bits per heavy atom. The van der Waals surface area contributed by atoms with E-state index in [1.165, 1.54) is 6.42 Å². The van der Waals surface area contributed by atoms with Crippen LogP contribution >= 0.6 is 15.9 Å². The Morgan fingerprint density at radius 2 is 2.22 bits per heavy atom. The van der Waals surface area contributed by atoms with Crippen molar-refractivity contribution in [1.82, 2.24) is 20.1 Å². The fourth-order valence-corrected chi connectivity index (χ4v) is 3.16. The Balaban J connectivity index is 1.71. The predicted molar refractivity (Wildman–Crippen MR) is 89.4 cm³/mol. The number of halogens is 1. The van der Waals surface area contributed by atoms with Crippen molar-refractivity contribution in [2.75, 3.05) is 7.11 Å². The van der Waals surface area contributed by atoms with Crippen LogP contribution in [0.3, 0.4) is 0 Å². The van der Waals surface area contributed by atoms with Gasteiger partial charge in [-0.05, 0) is 47.0 Å². The number of carbonyl (C=O) groups is 1. The van der Waals surface area contributed by atoms with Crippen LogP contribution in [0.4, 0.5) is 0 Å². The van der Waals surface area contributed by atoms with Gasteiger partial charge in [-0.1, -0.05) is 6.42 Å². The lowest BCUT2D eigenvalue weighted by Crippen LogP contribution is -2.25. The van der Waals surface area contributed by atoms with E-state index in [-0.39, 0.29) is 5.91 Å². The van der Waals surface area contributed by atoms with Gasteiger partial charge in [-0.2, -0.15) is 0 Å². The molecular formula is C16H19BrN4O2. The largest absolute Gasteiger partial charge is 0.497 e. The van der Waals surface area contributed by atoms with E-state index in [4.69, 9.17) is 4.74 Å². The molecule has 0 bridgehead atoms. The molecule has 2 aromatic rings. The molecule has 122 valence electrons. The van der Waals surface area contributed by atoms with Crippen LogP contribution in [0.2, 0.25) is 0 Å². The Hall–Kier alpha value is -1.89. The minimum Gasteiger partial charge on any atom is -0.497 e. The normalized spacial score (nSPS) is 14.0. The van der Waals surface area contributed by atoms with E-state index in [1.54, 1.807) is 25.3 Å². The summed E-state index contributed by atoms with van der Waals surface area (Å²) in [4.78, 5) is 12.4. The first-order chi connectivity index (χ1) is 11.2. The van der Waals surface area contributed by atoms with Gasteiger partial charge >= 0.3 is 0 Å². The van der Waals surface area contributed by atoms with Crippen molar-refractivity contribution in [3.8, 4) is 5.75 Å². The van der Waals surface area contributed by atoms with E-state index in [1.807, 2.05) is 0 Å². The number of methoxy groups -OCH3 is 1. The molecule has 7 heteroatoms. The number of ether oxygens (including phenoxy) is 1. The van der Waals surface area contributed by atoms with Crippen LogP contribution in [0.25, 0.3) is 0 Å². The molecule has 1 aromatic carbocycles. The van der Waals surface area contributed by atoms with E-state index in [9.17, 15) is 4.79 Å². The van der Waals surface area contributed by atoms with Crippen LogP contribution in [0, 0.1) is 0 Å². The Labute approximate surface area is 143 Å². The van der Waals surface area contributed by atoms with Gasteiger partial charge in [0.2, 0.25) is 0 Å². The second-order valence-electron chi connectivity index (χ2n) is 5.52. The molecule has 1 aliphatic heterocycles. The summed E-state index contributed by atoms with van der Waals surface area (Å²) >= 11 is 3.40. The first-order valence-corrected chi connectivity index (χ1v) is 8.51. The van der Waals surface area contributed by atoms with Gasteiger partial charge in [-0.3, -0.25) is 4.79 Å². The number of benzene rings is 1. The van der Waals surface area contributed by atoms with Crippen LogP contribution < -0.4 is 10.1 Å². The summed E-state index contributed by atoms with van der Waals surface area (Å²) in [6.07, 6.45) is 4.46. The lowest BCUT2D eigenvalue weighted by atomic mass is 10.2. The standard InChI is InChI=1S/C16H19BrN4O2/c1-23-11-6-7-13(17)12(9-11)16(22)18-10-15-20-19-14-5-3-2-4-8-21(14)15/h6-7,9H,2-5,8,10H2,1H3,(H,18,22). The van der Waals surface area contributed by atoms with Gasteiger partial charge in [-0.15, -0.1) is 10.2 Å². The maximum Gasteiger partial charge on any atom is 0.252 e. The SMILES string of the molecule is COc1ccc(Br)c(C(=O)NCc2nnc3n2CCCCC3)c1. The zero-order valence-corrected chi connectivity index (χ0v) is 14.6. The summed E-state index contributed by atoms with van der Waals surface area (Å²) in [5.41, 5.74) is 0.542. The maximum absolute atomic E-state index is 12.4. The molecule has 0 spiro atoms. The smallest absolute Gasteiger partial charge is 0.252 e. The van der Waals surface area contributed by atoms with Crippen LogP contribution in [-0.2, 0) is 19.5 Å². The highest BCUT2D eigenvalue weighted by Crippen LogP contribution is 2.22. The summed E-state index contributed by atoms with van der Waals surface area (Å²) in [7, 11) is 1.58. The average molecular weight is 379 g/mol. The molecule has 0 aliphatic carbocycles. The Morgan fingerprint density at radius 1 is 1.35 bits per heavy atom. The molecule has 1 aliphatic rings. The van der Waals surface area contributed by atoms with Gasteiger partial charge < -0.3 is 14.6 Å². The van der Waals surface area contributed by atoms with Crippen molar-refractivity contribution >= 4 is 21.8 Å². The molecule has 0 saturated carbocycles. The Bertz CT molecular complexity index is 714. The highest BCUT2D eigenvalue weighted by atomic mass is 79.9. The number of carbonyl (C=O) groups excluding carboxylic acids is 1. The van der Waals surface area contributed by atoms with E-state index < -0.39 is 0 Å². The minimum atomic E-state index is -0.165. The third-order valence-electron chi connectivity index (χ3n) is 4.01. The third kappa shape index (κ3) is 3.55. The molecule has 1 N–H and O–H groups in total. The molecule has 0 unspecified atom stereocenters. The van der Waals surface area contributed by atoms with Gasteiger partial charge in [0.15, 0.2) is 5.82 Å². The highest BCUT2D eigenvalue weighted by molar-refractivity contribution is 9.10. The van der Waals surface area contributed by atoms with Crippen LogP contribution in [0.1, 0.15) is 41.3 Å². The third-order valence-corrected chi connectivity index (χ3v) is 4.70. The van der Waals surface area contributed by atoms with Crippen LogP contribution in [-0.4, -0.2) is 27.8 Å². The van der Waals surface area contributed by atoms with Crippen LogP contribution in [0.15, 0.2) is 22.7 Å². The van der Waals surface area contributed by atoms with Gasteiger partial charge in [-0.25, -0.2) is 0 Å². The number of hydrogen-bond acceptors (Lipinski definition) is 4. The zero-order chi connectivity index (χ0) is 16.2. The average Bonchev–Trinajstić information content (AvgIpc) is 2.79. The monoisotopic (exact) mass is 378 g/mol. The molecule has 0 fully saturated rings. The molecular weight excluding hydrogens is 360 g/mol.